The van der Waals surface area contributed by atoms with Gasteiger partial charge in [-0.2, -0.15) is 0 Å². The van der Waals surface area contributed by atoms with Crippen molar-refractivity contribution in [1.29, 1.82) is 0 Å². The van der Waals surface area contributed by atoms with Crippen LogP contribution in [0, 0.1) is 17.8 Å². The molecular weight excluding hydrogens is 784 g/mol. The van der Waals surface area contributed by atoms with E-state index in [4.69, 9.17) is 20.8 Å². The van der Waals surface area contributed by atoms with Crippen molar-refractivity contribution in [3.63, 3.8) is 0 Å². The Morgan fingerprint density at radius 1 is 0.983 bits per heavy atom. The van der Waals surface area contributed by atoms with Gasteiger partial charge in [-0.05, 0) is 107 Å². The van der Waals surface area contributed by atoms with Crippen LogP contribution in [0.4, 0.5) is 5.69 Å². The molecule has 0 saturated heterocycles. The molecule has 1 amide bonds. The van der Waals surface area contributed by atoms with Crippen LogP contribution in [0.1, 0.15) is 74.4 Å². The van der Waals surface area contributed by atoms with Crippen LogP contribution in [0.15, 0.2) is 109 Å². The number of carbonyl (C=O) groups is 1. The van der Waals surface area contributed by atoms with Crippen LogP contribution < -0.4 is 24.7 Å². The maximum absolute atomic E-state index is 14.0. The maximum Gasteiger partial charge on any atom is 0.264 e. The van der Waals surface area contributed by atoms with E-state index in [1.807, 2.05) is 54.6 Å². The van der Waals surface area contributed by atoms with Crippen LogP contribution in [-0.4, -0.2) is 65.9 Å². The van der Waals surface area contributed by atoms with Crippen molar-refractivity contribution in [2.24, 2.45) is 17.8 Å². The molecule has 2 bridgehead atoms. The minimum atomic E-state index is -4.13. The summed E-state index contributed by atoms with van der Waals surface area (Å²) in [5.41, 5.74) is 3.20. The highest BCUT2D eigenvalue weighted by atomic mass is 35.5. The predicted octanol–water partition coefficient (Wildman–Crippen LogP) is 7.41. The summed E-state index contributed by atoms with van der Waals surface area (Å²) in [5.74, 6) is -0.569. The van der Waals surface area contributed by atoms with Gasteiger partial charge < -0.3 is 19.2 Å². The van der Waals surface area contributed by atoms with Gasteiger partial charge in [0.05, 0.1) is 24.2 Å². The number of ether oxygens (including phenoxy) is 1. The SMILES string of the molecule is CC(C)(C)[Si](OC[C@@H]1C/C=C\[C@H](O)[C@@H]2CC[C@H]2CN2C[C@@]3(CCCc4cc(Cl)ccc43)COc3ccc(cc32)C(=O)NS(=O)(=O)C1)(c1ccccc1)c1ccccc1. The Balaban J connectivity index is 1.12. The van der Waals surface area contributed by atoms with Crippen LogP contribution in [0.3, 0.4) is 0 Å². The molecule has 8 nitrogen and oxygen atoms in total. The van der Waals surface area contributed by atoms with E-state index in [0.29, 0.717) is 31.9 Å². The number of hydrogen-bond donors (Lipinski definition) is 2. The number of allylic oxidation sites excluding steroid dienone is 1. The van der Waals surface area contributed by atoms with Crippen molar-refractivity contribution in [1.82, 2.24) is 4.72 Å². The molecular formula is C47H55ClN2O6SSi. The van der Waals surface area contributed by atoms with Gasteiger partial charge in [-0.25, -0.2) is 13.1 Å². The van der Waals surface area contributed by atoms with E-state index >= 15 is 0 Å². The first-order chi connectivity index (χ1) is 27.8. The Hall–Kier alpha value is -3.93. The Labute approximate surface area is 349 Å². The molecule has 306 valence electrons. The molecule has 1 spiro atoms. The van der Waals surface area contributed by atoms with Crippen LogP contribution in [0.25, 0.3) is 0 Å². The first-order valence-corrected chi connectivity index (χ1v) is 24.7. The van der Waals surface area contributed by atoms with Crippen LogP contribution in [-0.2, 0) is 26.3 Å². The zero-order valence-corrected chi connectivity index (χ0v) is 36.3. The molecule has 0 aromatic heterocycles. The molecule has 4 aromatic carbocycles. The molecule has 2 aliphatic heterocycles. The molecule has 58 heavy (non-hydrogen) atoms. The Morgan fingerprint density at radius 2 is 1.71 bits per heavy atom. The number of amides is 1. The molecule has 0 unspecified atom stereocenters. The summed E-state index contributed by atoms with van der Waals surface area (Å²) in [5, 5.41) is 14.3. The first kappa shape index (κ1) is 40.8. The fourth-order valence-electron chi connectivity index (χ4n) is 10.1. The van der Waals surface area contributed by atoms with Crippen molar-refractivity contribution in [3.05, 3.63) is 131 Å². The molecule has 2 N–H and O–H groups in total. The summed E-state index contributed by atoms with van der Waals surface area (Å²) >= 11 is 6.46. The number of sulfonamides is 1. The number of aryl methyl sites for hydroxylation is 1. The van der Waals surface area contributed by atoms with Crippen molar-refractivity contribution >= 4 is 51.9 Å². The van der Waals surface area contributed by atoms with E-state index in [1.165, 1.54) is 11.1 Å². The van der Waals surface area contributed by atoms with E-state index in [2.05, 4.69) is 66.8 Å². The second-order valence-corrected chi connectivity index (χ2v) is 24.5. The van der Waals surface area contributed by atoms with Gasteiger partial charge in [0.2, 0.25) is 10.0 Å². The quantitative estimate of drug-likeness (QED) is 0.159. The van der Waals surface area contributed by atoms with Gasteiger partial charge in [-0.3, -0.25) is 4.79 Å². The number of nitrogens with one attached hydrogen (secondary N) is 1. The number of benzene rings is 4. The van der Waals surface area contributed by atoms with Crippen molar-refractivity contribution in [3.8, 4) is 5.75 Å². The third-order valence-corrected chi connectivity index (χ3v) is 19.8. The lowest BCUT2D eigenvalue weighted by Gasteiger charge is -2.45. The molecule has 0 radical (unpaired) electrons. The molecule has 8 rings (SSSR count). The summed E-state index contributed by atoms with van der Waals surface area (Å²) < 4.78 is 44.3. The number of aliphatic hydroxyl groups excluding tert-OH is 1. The van der Waals surface area contributed by atoms with Crippen molar-refractivity contribution in [2.75, 3.05) is 37.0 Å². The van der Waals surface area contributed by atoms with E-state index in [-0.39, 0.29) is 40.2 Å². The minimum Gasteiger partial charge on any atom is -0.490 e. The summed E-state index contributed by atoms with van der Waals surface area (Å²) in [6, 6.07) is 31.9. The lowest BCUT2D eigenvalue weighted by molar-refractivity contribution is 0.0455. The number of nitrogens with zero attached hydrogens (tertiary/aromatic N) is 1. The van der Waals surface area contributed by atoms with E-state index in [1.54, 1.807) is 18.2 Å². The maximum atomic E-state index is 14.0. The molecule has 2 heterocycles. The van der Waals surface area contributed by atoms with Gasteiger partial charge in [0.15, 0.2) is 0 Å². The second-order valence-electron chi connectivity index (χ2n) is 18.0. The molecule has 11 heteroatoms. The Bertz CT molecular complexity index is 2230. The van der Waals surface area contributed by atoms with Crippen molar-refractivity contribution < 1.29 is 27.5 Å². The molecule has 4 aliphatic rings. The standard InChI is InChI=1S/C47H55ClN2O6SSi/c1-46(2,3)58(38-14-6-4-7-15-38,39-16-8-5-9-17-39)56-29-33-12-10-18-43(51)40-22-19-36(40)28-50-31-47(25-11-13-34-26-37(48)21-23-41(34)47)32-55-44-24-20-35(27-42(44)50)45(52)49-57(53,54)30-33/h4-10,14-18,20-21,23-24,26-27,33,36,40,43,51H,11-13,19,22,25,28-32H2,1-3H3,(H,49,52)/b18-10-/t33-,36-,40+,43-,47-/m0/s1. The number of halogens is 1. The zero-order chi connectivity index (χ0) is 40.7. The van der Waals surface area contributed by atoms with E-state index in [0.717, 1.165) is 53.2 Å². The van der Waals surface area contributed by atoms with Gasteiger partial charge in [-0.15, -0.1) is 0 Å². The minimum absolute atomic E-state index is 0.0483. The number of hydrogen-bond acceptors (Lipinski definition) is 7. The highest BCUT2D eigenvalue weighted by Crippen LogP contribution is 2.47. The third-order valence-electron chi connectivity index (χ3n) is 13.1. The van der Waals surface area contributed by atoms with Crippen LogP contribution in [0.2, 0.25) is 10.1 Å². The predicted molar refractivity (Wildman–Crippen MR) is 235 cm³/mol. The van der Waals surface area contributed by atoms with Gasteiger partial charge in [0.25, 0.3) is 14.2 Å². The fourth-order valence-corrected chi connectivity index (χ4v) is 16.3. The van der Waals surface area contributed by atoms with Gasteiger partial charge >= 0.3 is 0 Å². The number of carbonyl (C=O) groups excluding carboxylic acids is 1. The lowest BCUT2D eigenvalue weighted by Crippen LogP contribution is -2.67. The Kier molecular flexibility index (Phi) is 11.4. The molecule has 2 aliphatic carbocycles. The summed E-state index contributed by atoms with van der Waals surface area (Å²) in [6.07, 6.45) is 8.23. The number of fused-ring (bicyclic) bond motifs is 4. The van der Waals surface area contributed by atoms with Crippen LogP contribution in [0.5, 0.6) is 5.75 Å². The second kappa shape index (κ2) is 16.3. The highest BCUT2D eigenvalue weighted by molar-refractivity contribution is 7.90. The summed E-state index contributed by atoms with van der Waals surface area (Å²) in [6.45, 7) is 8.54. The number of anilines is 1. The molecule has 1 fully saturated rings. The summed E-state index contributed by atoms with van der Waals surface area (Å²) in [4.78, 5) is 16.3. The van der Waals surface area contributed by atoms with Gasteiger partial charge in [-0.1, -0.05) is 111 Å². The van der Waals surface area contributed by atoms with Crippen LogP contribution >= 0.6 is 11.6 Å². The average molecular weight is 840 g/mol. The first-order valence-electron chi connectivity index (χ1n) is 20.7. The molecule has 5 atom stereocenters. The zero-order valence-electron chi connectivity index (χ0n) is 33.7. The molecule has 1 saturated carbocycles. The van der Waals surface area contributed by atoms with Gasteiger partial charge in [0, 0.05) is 41.6 Å². The topological polar surface area (TPSA) is 105 Å². The summed E-state index contributed by atoms with van der Waals surface area (Å²) in [7, 11) is -7.11. The number of aliphatic hydroxyl groups is 1. The largest absolute Gasteiger partial charge is 0.490 e. The highest BCUT2D eigenvalue weighted by Gasteiger charge is 2.51. The fraction of sp³-hybridized carbons (Fsp3) is 0.426. The lowest BCUT2D eigenvalue weighted by atomic mass is 9.68. The smallest absolute Gasteiger partial charge is 0.264 e. The van der Waals surface area contributed by atoms with E-state index in [9.17, 15) is 18.3 Å². The number of rotatable bonds is 5. The normalized spacial score (nSPS) is 26.6. The molecule has 4 aromatic rings. The van der Waals surface area contributed by atoms with E-state index < -0.39 is 36.3 Å². The van der Waals surface area contributed by atoms with Gasteiger partial charge in [0.1, 0.15) is 5.75 Å². The Morgan fingerprint density at radius 3 is 2.38 bits per heavy atom. The van der Waals surface area contributed by atoms with Crippen molar-refractivity contribution in [2.45, 2.75) is 75.9 Å². The average Bonchev–Trinajstić information content (AvgIpc) is 3.32. The monoisotopic (exact) mass is 838 g/mol. The third kappa shape index (κ3) is 8.03.